The first kappa shape index (κ1) is 20.1. The second-order valence-electron chi connectivity index (χ2n) is 7.28. The molecule has 0 unspecified atom stereocenters. The van der Waals surface area contributed by atoms with Crippen molar-refractivity contribution in [1.82, 2.24) is 4.90 Å². The largest absolute Gasteiger partial charge is 0.497 e. The van der Waals surface area contributed by atoms with Gasteiger partial charge in [-0.05, 0) is 48.7 Å². The number of ether oxygens (including phenoxy) is 2. The number of carbonyl (C=O) groups is 1. The SMILES string of the molecule is COc1ccc(CN(C[C@@H]2CCCO2)C(=O)c2cc(=O)c3cc(F)ccc3o2)cc1. The molecule has 6 nitrogen and oxygen atoms in total. The summed E-state index contributed by atoms with van der Waals surface area (Å²) < 4.78 is 30.0. The summed E-state index contributed by atoms with van der Waals surface area (Å²) in [4.78, 5) is 27.3. The van der Waals surface area contributed by atoms with Crippen LogP contribution in [0.15, 0.2) is 57.7 Å². The lowest BCUT2D eigenvalue weighted by atomic mass is 10.1. The molecule has 2 aromatic carbocycles. The Labute approximate surface area is 172 Å². The summed E-state index contributed by atoms with van der Waals surface area (Å²) in [6, 6.07) is 12.2. The summed E-state index contributed by atoms with van der Waals surface area (Å²) in [7, 11) is 1.59. The zero-order valence-corrected chi connectivity index (χ0v) is 16.6. The quantitative estimate of drug-likeness (QED) is 0.618. The molecule has 0 aliphatic carbocycles. The molecule has 1 aromatic heterocycles. The summed E-state index contributed by atoms with van der Waals surface area (Å²) in [6.45, 7) is 1.38. The first-order valence-corrected chi connectivity index (χ1v) is 9.81. The fourth-order valence-electron chi connectivity index (χ4n) is 3.59. The van der Waals surface area contributed by atoms with Crippen LogP contribution in [0.3, 0.4) is 0 Å². The molecule has 1 aliphatic heterocycles. The van der Waals surface area contributed by atoms with Gasteiger partial charge >= 0.3 is 0 Å². The molecule has 0 spiro atoms. The van der Waals surface area contributed by atoms with Gasteiger partial charge in [-0.25, -0.2) is 4.39 Å². The lowest BCUT2D eigenvalue weighted by molar-refractivity contribution is 0.0484. The van der Waals surface area contributed by atoms with Gasteiger partial charge in [-0.2, -0.15) is 0 Å². The van der Waals surface area contributed by atoms with Gasteiger partial charge < -0.3 is 18.8 Å². The van der Waals surface area contributed by atoms with E-state index in [4.69, 9.17) is 13.9 Å². The summed E-state index contributed by atoms with van der Waals surface area (Å²) in [5.41, 5.74) is 0.627. The summed E-state index contributed by atoms with van der Waals surface area (Å²) in [5, 5.41) is 0.104. The Morgan fingerprint density at radius 2 is 2.00 bits per heavy atom. The van der Waals surface area contributed by atoms with Crippen LogP contribution < -0.4 is 10.2 Å². The molecule has 3 aromatic rings. The second-order valence-corrected chi connectivity index (χ2v) is 7.28. The zero-order valence-electron chi connectivity index (χ0n) is 16.6. The van der Waals surface area contributed by atoms with Crippen molar-refractivity contribution in [2.24, 2.45) is 0 Å². The highest BCUT2D eigenvalue weighted by atomic mass is 19.1. The van der Waals surface area contributed by atoms with E-state index in [1.165, 1.54) is 12.1 Å². The van der Waals surface area contributed by atoms with Crippen LogP contribution in [0.25, 0.3) is 11.0 Å². The average Bonchev–Trinajstić information content (AvgIpc) is 3.27. The van der Waals surface area contributed by atoms with Gasteiger partial charge in [0.05, 0.1) is 18.6 Å². The molecular formula is C23H22FNO5. The van der Waals surface area contributed by atoms with Crippen LogP contribution in [0, 0.1) is 5.82 Å². The maximum Gasteiger partial charge on any atom is 0.290 e. The molecule has 1 saturated heterocycles. The van der Waals surface area contributed by atoms with Crippen LogP contribution in [0.5, 0.6) is 5.75 Å². The van der Waals surface area contributed by atoms with Gasteiger partial charge in [0, 0.05) is 25.8 Å². The molecule has 1 atom stereocenters. The number of rotatable bonds is 6. The molecule has 2 heterocycles. The highest BCUT2D eigenvalue weighted by Gasteiger charge is 2.26. The van der Waals surface area contributed by atoms with Crippen molar-refractivity contribution in [2.45, 2.75) is 25.5 Å². The standard InChI is InChI=1S/C23H22FNO5/c1-28-17-7-4-15(5-8-17)13-25(14-18-3-2-10-29-18)23(27)22-12-20(26)19-11-16(24)6-9-21(19)30-22/h4-9,11-12,18H,2-3,10,13-14H2,1H3/t18-/m0/s1. The maximum atomic E-state index is 13.4. The number of benzene rings is 2. The van der Waals surface area contributed by atoms with Crippen molar-refractivity contribution in [3.05, 3.63) is 75.9 Å². The molecule has 4 rings (SSSR count). The molecule has 156 valence electrons. The molecule has 0 bridgehead atoms. The Morgan fingerprint density at radius 1 is 1.20 bits per heavy atom. The number of hydrogen-bond acceptors (Lipinski definition) is 5. The van der Waals surface area contributed by atoms with Crippen LogP contribution in [0.1, 0.15) is 29.0 Å². The molecule has 1 fully saturated rings. The van der Waals surface area contributed by atoms with E-state index >= 15 is 0 Å². The molecule has 0 radical (unpaired) electrons. The summed E-state index contributed by atoms with van der Waals surface area (Å²) in [6.07, 6.45) is 1.76. The minimum Gasteiger partial charge on any atom is -0.497 e. The van der Waals surface area contributed by atoms with Crippen LogP contribution in [0.2, 0.25) is 0 Å². The Hall–Kier alpha value is -3.19. The topological polar surface area (TPSA) is 69.0 Å². The molecule has 7 heteroatoms. The van der Waals surface area contributed by atoms with Crippen molar-refractivity contribution in [2.75, 3.05) is 20.3 Å². The Kier molecular flexibility index (Phi) is 5.81. The van der Waals surface area contributed by atoms with E-state index in [0.29, 0.717) is 19.7 Å². The lowest BCUT2D eigenvalue weighted by Crippen LogP contribution is -2.37. The number of fused-ring (bicyclic) bond motifs is 1. The first-order chi connectivity index (χ1) is 14.5. The fourth-order valence-corrected chi connectivity index (χ4v) is 3.59. The third kappa shape index (κ3) is 4.36. The van der Waals surface area contributed by atoms with Gasteiger partial charge in [0.15, 0.2) is 11.2 Å². The van der Waals surface area contributed by atoms with Crippen molar-refractivity contribution >= 4 is 16.9 Å². The van der Waals surface area contributed by atoms with Gasteiger partial charge in [0.2, 0.25) is 0 Å². The Bertz CT molecular complexity index is 1100. The van der Waals surface area contributed by atoms with Crippen molar-refractivity contribution < 1.29 is 23.1 Å². The van der Waals surface area contributed by atoms with Crippen molar-refractivity contribution in [1.29, 1.82) is 0 Å². The predicted octanol–water partition coefficient (Wildman–Crippen LogP) is 3.76. The van der Waals surface area contributed by atoms with E-state index in [0.717, 1.165) is 36.3 Å². The molecule has 1 amide bonds. The molecule has 1 aliphatic rings. The van der Waals surface area contributed by atoms with E-state index in [1.54, 1.807) is 12.0 Å². The number of hydrogen-bond donors (Lipinski definition) is 0. The number of halogens is 1. The Morgan fingerprint density at radius 3 is 2.70 bits per heavy atom. The second kappa shape index (κ2) is 8.67. The number of methoxy groups -OCH3 is 1. The molecule has 30 heavy (non-hydrogen) atoms. The van der Waals surface area contributed by atoms with E-state index in [9.17, 15) is 14.0 Å². The highest BCUT2D eigenvalue weighted by molar-refractivity contribution is 5.93. The van der Waals surface area contributed by atoms with Gasteiger partial charge in [-0.15, -0.1) is 0 Å². The molecule has 0 N–H and O–H groups in total. The fraction of sp³-hybridized carbons (Fsp3) is 0.304. The number of amides is 1. The number of nitrogens with zero attached hydrogens (tertiary/aromatic N) is 1. The molecule has 0 saturated carbocycles. The zero-order chi connectivity index (χ0) is 21.1. The maximum absolute atomic E-state index is 13.4. The van der Waals surface area contributed by atoms with Crippen LogP contribution in [0.4, 0.5) is 4.39 Å². The molecular weight excluding hydrogens is 389 g/mol. The van der Waals surface area contributed by atoms with Crippen molar-refractivity contribution in [3.63, 3.8) is 0 Å². The number of carbonyl (C=O) groups excluding carboxylic acids is 1. The van der Waals surface area contributed by atoms with E-state index < -0.39 is 17.2 Å². The highest BCUT2D eigenvalue weighted by Crippen LogP contribution is 2.20. The average molecular weight is 411 g/mol. The van der Waals surface area contributed by atoms with Gasteiger partial charge in [0.25, 0.3) is 5.91 Å². The third-order valence-electron chi connectivity index (χ3n) is 5.17. The van der Waals surface area contributed by atoms with Crippen LogP contribution in [-0.4, -0.2) is 37.2 Å². The normalized spacial score (nSPS) is 16.0. The lowest BCUT2D eigenvalue weighted by Gasteiger charge is -2.25. The summed E-state index contributed by atoms with van der Waals surface area (Å²) >= 11 is 0. The van der Waals surface area contributed by atoms with Gasteiger partial charge in [0.1, 0.15) is 17.1 Å². The first-order valence-electron chi connectivity index (χ1n) is 9.81. The monoisotopic (exact) mass is 411 g/mol. The van der Waals surface area contributed by atoms with E-state index in [2.05, 4.69) is 0 Å². The van der Waals surface area contributed by atoms with E-state index in [1.807, 2.05) is 24.3 Å². The van der Waals surface area contributed by atoms with Crippen LogP contribution in [-0.2, 0) is 11.3 Å². The third-order valence-corrected chi connectivity index (χ3v) is 5.17. The van der Waals surface area contributed by atoms with E-state index in [-0.39, 0.29) is 22.8 Å². The Balaban J connectivity index is 1.64. The smallest absolute Gasteiger partial charge is 0.290 e. The van der Waals surface area contributed by atoms with Gasteiger partial charge in [-0.1, -0.05) is 12.1 Å². The predicted molar refractivity (Wildman–Crippen MR) is 109 cm³/mol. The summed E-state index contributed by atoms with van der Waals surface area (Å²) in [5.74, 6) is -0.299. The van der Waals surface area contributed by atoms with Gasteiger partial charge in [-0.3, -0.25) is 9.59 Å². The minimum atomic E-state index is -0.534. The van der Waals surface area contributed by atoms with Crippen LogP contribution >= 0.6 is 0 Å². The minimum absolute atomic E-state index is 0.0616. The van der Waals surface area contributed by atoms with Crippen molar-refractivity contribution in [3.8, 4) is 5.75 Å².